The van der Waals surface area contributed by atoms with Crippen LogP contribution in [-0.4, -0.2) is 58.2 Å². The summed E-state index contributed by atoms with van der Waals surface area (Å²) in [5, 5.41) is 3.60. The minimum Gasteiger partial charge on any atom is -0.459 e. The van der Waals surface area contributed by atoms with Crippen LogP contribution in [0, 0.1) is 0 Å². The van der Waals surface area contributed by atoms with Crippen LogP contribution in [0.4, 0.5) is 0 Å². The molecule has 0 radical (unpaired) electrons. The number of benzene rings is 1. The van der Waals surface area contributed by atoms with E-state index in [4.69, 9.17) is 9.47 Å². The van der Waals surface area contributed by atoms with Crippen LogP contribution < -0.4 is 5.32 Å². The number of hydrogen-bond donors (Lipinski definition) is 1. The van der Waals surface area contributed by atoms with Gasteiger partial charge >= 0.3 is 11.9 Å². The fraction of sp³-hybridized carbons (Fsp3) is 0.704. The number of likely N-dealkylation sites (tertiary alicyclic amines) is 1. The van der Waals surface area contributed by atoms with Gasteiger partial charge in [-0.05, 0) is 74.6 Å². The second-order valence-corrected chi connectivity index (χ2v) is 12.5. The van der Waals surface area contributed by atoms with Crippen molar-refractivity contribution in [1.29, 1.82) is 0 Å². The number of nitrogens with one attached hydrogen (secondary N) is 1. The predicted molar refractivity (Wildman–Crippen MR) is 131 cm³/mol. The van der Waals surface area contributed by atoms with Crippen molar-refractivity contribution >= 4 is 11.9 Å². The molecule has 2 heterocycles. The zero-order valence-corrected chi connectivity index (χ0v) is 21.9. The van der Waals surface area contributed by atoms with Crippen LogP contribution in [0.25, 0.3) is 0 Å². The molecule has 0 spiro atoms. The Kier molecular flexibility index (Phi) is 6.77. The molecule has 1 N–H and O–H groups in total. The molecule has 0 saturated carbocycles. The van der Waals surface area contributed by atoms with Crippen LogP contribution in [0.3, 0.4) is 0 Å². The molecule has 0 aliphatic carbocycles. The van der Waals surface area contributed by atoms with E-state index in [0.29, 0.717) is 12.8 Å². The van der Waals surface area contributed by atoms with E-state index in [2.05, 4.69) is 72.7 Å². The lowest BCUT2D eigenvalue weighted by molar-refractivity contribution is -0.0733. The lowest BCUT2D eigenvalue weighted by Gasteiger charge is -2.53. The summed E-state index contributed by atoms with van der Waals surface area (Å²) < 4.78 is 11.9. The molecule has 0 amide bonds. The van der Waals surface area contributed by atoms with Crippen LogP contribution in [0.1, 0.15) is 102 Å². The molecule has 184 valence electrons. The quantitative estimate of drug-likeness (QED) is 0.643. The smallest absolute Gasteiger partial charge is 0.339 e. The van der Waals surface area contributed by atoms with Gasteiger partial charge in [0.25, 0.3) is 0 Å². The zero-order valence-electron chi connectivity index (χ0n) is 21.9. The third kappa shape index (κ3) is 5.96. The largest absolute Gasteiger partial charge is 0.459 e. The molecular weight excluding hydrogens is 416 g/mol. The molecule has 6 heteroatoms. The Balaban J connectivity index is 1.75. The summed E-state index contributed by atoms with van der Waals surface area (Å²) in [5.74, 6) is -0.931. The van der Waals surface area contributed by atoms with Gasteiger partial charge in [0.1, 0.15) is 12.2 Å². The summed E-state index contributed by atoms with van der Waals surface area (Å²) >= 11 is 0. The van der Waals surface area contributed by atoms with E-state index < -0.39 is 11.9 Å². The number of hydrogen-bond acceptors (Lipinski definition) is 6. The van der Waals surface area contributed by atoms with Crippen molar-refractivity contribution in [3.63, 3.8) is 0 Å². The lowest BCUT2D eigenvalue weighted by atomic mass is 9.78. The highest BCUT2D eigenvalue weighted by Gasteiger charge is 2.45. The van der Waals surface area contributed by atoms with Gasteiger partial charge < -0.3 is 14.8 Å². The lowest BCUT2D eigenvalue weighted by Crippen LogP contribution is -2.60. The molecule has 3 rings (SSSR count). The average molecular weight is 459 g/mol. The Bertz CT molecular complexity index is 869. The Morgan fingerprint density at radius 3 is 1.52 bits per heavy atom. The van der Waals surface area contributed by atoms with Crippen molar-refractivity contribution in [2.24, 2.45) is 0 Å². The number of piperidine rings is 2. The van der Waals surface area contributed by atoms with Crippen molar-refractivity contribution in [3.05, 3.63) is 35.4 Å². The van der Waals surface area contributed by atoms with Crippen LogP contribution >= 0.6 is 0 Å². The van der Waals surface area contributed by atoms with Gasteiger partial charge in [-0.15, -0.1) is 0 Å². The first kappa shape index (κ1) is 25.7. The first-order valence-electron chi connectivity index (χ1n) is 12.1. The Hall–Kier alpha value is -1.92. The molecule has 0 aromatic heterocycles. The molecule has 0 bridgehead atoms. The molecule has 1 aromatic rings. The molecule has 0 atom stereocenters. The third-order valence-electron chi connectivity index (χ3n) is 7.34. The minimum absolute atomic E-state index is 0.0975. The van der Waals surface area contributed by atoms with Gasteiger partial charge in [0.05, 0.1) is 11.1 Å². The highest BCUT2D eigenvalue weighted by atomic mass is 16.6. The van der Waals surface area contributed by atoms with Crippen molar-refractivity contribution in [3.8, 4) is 0 Å². The van der Waals surface area contributed by atoms with Crippen LogP contribution in [-0.2, 0) is 9.47 Å². The van der Waals surface area contributed by atoms with Crippen LogP contribution in [0.15, 0.2) is 24.3 Å². The number of rotatable bonds is 4. The molecule has 0 unspecified atom stereocenters. The maximum Gasteiger partial charge on any atom is 0.339 e. The van der Waals surface area contributed by atoms with Crippen LogP contribution in [0.2, 0.25) is 0 Å². The van der Waals surface area contributed by atoms with E-state index in [9.17, 15) is 9.59 Å². The number of nitrogens with zero attached hydrogens (tertiary/aromatic N) is 1. The van der Waals surface area contributed by atoms with Gasteiger partial charge in [-0.3, -0.25) is 4.90 Å². The molecule has 2 fully saturated rings. The number of ether oxygens (including phenoxy) is 2. The maximum absolute atomic E-state index is 13.2. The zero-order chi connectivity index (χ0) is 24.8. The summed E-state index contributed by atoms with van der Waals surface area (Å²) in [7, 11) is 2.12. The Morgan fingerprint density at radius 2 is 1.12 bits per heavy atom. The summed E-state index contributed by atoms with van der Waals surface area (Å²) in [6.07, 6.45) is 2.48. The van der Waals surface area contributed by atoms with E-state index >= 15 is 0 Å². The maximum atomic E-state index is 13.2. The van der Waals surface area contributed by atoms with Crippen molar-refractivity contribution in [1.82, 2.24) is 10.2 Å². The average Bonchev–Trinajstić information content (AvgIpc) is 2.63. The normalized spacial score (nSPS) is 24.8. The van der Waals surface area contributed by atoms with Crippen molar-refractivity contribution in [2.75, 3.05) is 7.05 Å². The number of esters is 2. The summed E-state index contributed by atoms with van der Waals surface area (Å²) in [5.41, 5.74) is 0.0599. The highest BCUT2D eigenvalue weighted by molar-refractivity contribution is 6.03. The summed E-state index contributed by atoms with van der Waals surface area (Å²) in [4.78, 5) is 28.7. The first-order chi connectivity index (χ1) is 15.0. The SMILES string of the molecule is CN1C(C)(C)CC(OC(=O)c2ccccc2C(=O)OC2CC(C)(C)NC(C)(C)C2)CC1(C)C. The Morgan fingerprint density at radius 1 is 0.758 bits per heavy atom. The number of carbonyl (C=O) groups excluding carboxylic acids is 2. The van der Waals surface area contributed by atoms with Gasteiger partial charge in [-0.25, -0.2) is 9.59 Å². The fourth-order valence-corrected chi connectivity index (χ4v) is 5.94. The fourth-order valence-electron chi connectivity index (χ4n) is 5.94. The van der Waals surface area contributed by atoms with Gasteiger partial charge in [-0.2, -0.15) is 0 Å². The van der Waals surface area contributed by atoms with Gasteiger partial charge in [0.15, 0.2) is 0 Å². The molecule has 2 aliphatic rings. The second-order valence-electron chi connectivity index (χ2n) is 12.5. The topological polar surface area (TPSA) is 67.9 Å². The van der Waals surface area contributed by atoms with E-state index in [1.54, 1.807) is 24.3 Å². The van der Waals surface area contributed by atoms with E-state index in [1.165, 1.54) is 0 Å². The molecular formula is C27H42N2O4. The first-order valence-corrected chi connectivity index (χ1v) is 12.1. The summed E-state index contributed by atoms with van der Waals surface area (Å²) in [6, 6.07) is 6.82. The van der Waals surface area contributed by atoms with Crippen molar-refractivity contribution in [2.45, 2.75) is 115 Å². The Labute approximate surface area is 199 Å². The van der Waals surface area contributed by atoms with E-state index in [-0.39, 0.29) is 45.5 Å². The van der Waals surface area contributed by atoms with Gasteiger partial charge in [0.2, 0.25) is 0 Å². The standard InChI is InChI=1S/C27H42N2O4/c1-24(2)14-18(15-25(3,4)28-24)32-22(30)20-12-10-11-13-21(20)23(31)33-19-16-26(5,6)29(9)27(7,8)17-19/h10-13,18-19,28H,14-17H2,1-9H3. The molecule has 6 nitrogen and oxygen atoms in total. The predicted octanol–water partition coefficient (Wildman–Crippen LogP) is 4.96. The monoisotopic (exact) mass is 458 g/mol. The molecule has 1 aromatic carbocycles. The van der Waals surface area contributed by atoms with Crippen LogP contribution in [0.5, 0.6) is 0 Å². The second kappa shape index (κ2) is 8.70. The van der Waals surface area contributed by atoms with E-state index in [0.717, 1.165) is 12.8 Å². The molecule has 33 heavy (non-hydrogen) atoms. The van der Waals surface area contributed by atoms with Crippen molar-refractivity contribution < 1.29 is 19.1 Å². The molecule has 2 aliphatic heterocycles. The highest BCUT2D eigenvalue weighted by Crippen LogP contribution is 2.38. The van der Waals surface area contributed by atoms with E-state index in [1.807, 2.05) is 0 Å². The van der Waals surface area contributed by atoms with Gasteiger partial charge in [-0.1, -0.05) is 12.1 Å². The van der Waals surface area contributed by atoms with Gasteiger partial charge in [0, 0.05) is 47.8 Å². The third-order valence-corrected chi connectivity index (χ3v) is 7.34. The molecule has 2 saturated heterocycles. The number of carbonyl (C=O) groups is 2. The minimum atomic E-state index is -0.468. The summed E-state index contributed by atoms with van der Waals surface area (Å²) in [6.45, 7) is 17.1.